The molecule has 9 heteroatoms. The first-order chi connectivity index (χ1) is 15.1. The van der Waals surface area contributed by atoms with Crippen LogP contribution in [0.5, 0.6) is 0 Å². The molecule has 31 heavy (non-hydrogen) atoms. The highest BCUT2D eigenvalue weighted by atomic mass is 16.5. The molecule has 1 N–H and O–H groups in total. The molecule has 1 saturated heterocycles. The molecule has 1 fully saturated rings. The molecule has 0 radical (unpaired) electrons. The number of aromatic nitrogens is 4. The maximum atomic E-state index is 12.7. The van der Waals surface area contributed by atoms with Crippen LogP contribution in [-0.4, -0.2) is 51.3 Å². The lowest BCUT2D eigenvalue weighted by Gasteiger charge is -2.31. The van der Waals surface area contributed by atoms with Crippen molar-refractivity contribution in [2.24, 2.45) is 5.92 Å². The normalized spacial score (nSPS) is 14.3. The maximum absolute atomic E-state index is 12.7. The third kappa shape index (κ3) is 4.88. The first kappa shape index (κ1) is 20.5. The van der Waals surface area contributed by atoms with E-state index in [0.717, 1.165) is 37.3 Å². The van der Waals surface area contributed by atoms with E-state index in [-0.39, 0.29) is 17.5 Å². The van der Waals surface area contributed by atoms with Gasteiger partial charge in [0.1, 0.15) is 0 Å². The number of amides is 1. The lowest BCUT2D eigenvalue weighted by atomic mass is 9.96. The van der Waals surface area contributed by atoms with Gasteiger partial charge in [-0.05, 0) is 56.2 Å². The highest BCUT2D eigenvalue weighted by molar-refractivity contribution is 5.92. The Morgan fingerprint density at radius 2 is 1.81 bits per heavy atom. The van der Waals surface area contributed by atoms with E-state index < -0.39 is 5.97 Å². The summed E-state index contributed by atoms with van der Waals surface area (Å²) in [7, 11) is 0. The topological polar surface area (TPSA) is 102 Å². The number of anilines is 2. The molecule has 3 aromatic rings. The van der Waals surface area contributed by atoms with Crippen molar-refractivity contribution < 1.29 is 14.3 Å². The van der Waals surface area contributed by atoms with Crippen molar-refractivity contribution in [3.63, 3.8) is 0 Å². The predicted octanol–water partition coefficient (Wildman–Crippen LogP) is 2.69. The largest absolute Gasteiger partial charge is 0.461 e. The Morgan fingerprint density at radius 3 is 2.48 bits per heavy atom. The van der Waals surface area contributed by atoms with Crippen molar-refractivity contribution in [3.05, 3.63) is 60.7 Å². The third-order valence-corrected chi connectivity index (χ3v) is 5.17. The van der Waals surface area contributed by atoms with Gasteiger partial charge < -0.3 is 15.0 Å². The molecule has 0 unspecified atom stereocenters. The van der Waals surface area contributed by atoms with E-state index in [9.17, 15) is 9.59 Å². The number of piperidine rings is 1. The van der Waals surface area contributed by atoms with E-state index in [0.29, 0.717) is 12.6 Å². The quantitative estimate of drug-likeness (QED) is 0.612. The molecule has 1 aliphatic rings. The molecule has 0 bridgehead atoms. The standard InChI is InChI=1S/C22H24N6O3/c1-2-31-21(30)19-10-15-28(26-19)18-6-4-17(5-7-18)25-20(29)16-8-13-27(14-9-16)22-23-11-3-12-24-22/h3-7,10-12,15-16H,2,8-9,13-14H2,1H3,(H,25,29). The Kier molecular flexibility index (Phi) is 6.21. The molecule has 0 spiro atoms. The molecule has 0 aliphatic carbocycles. The number of ether oxygens (including phenoxy) is 1. The number of nitrogens with zero attached hydrogens (tertiary/aromatic N) is 5. The van der Waals surface area contributed by atoms with Crippen LogP contribution in [0.4, 0.5) is 11.6 Å². The van der Waals surface area contributed by atoms with Gasteiger partial charge in [0.15, 0.2) is 5.69 Å². The Hall–Kier alpha value is -3.75. The van der Waals surface area contributed by atoms with Gasteiger partial charge in [-0.15, -0.1) is 0 Å². The molecular weight excluding hydrogens is 396 g/mol. The molecule has 0 saturated carbocycles. The van der Waals surface area contributed by atoms with E-state index >= 15 is 0 Å². The monoisotopic (exact) mass is 420 g/mol. The summed E-state index contributed by atoms with van der Waals surface area (Å²) in [6, 6.07) is 10.7. The van der Waals surface area contributed by atoms with Gasteiger partial charge in [-0.3, -0.25) is 4.79 Å². The van der Waals surface area contributed by atoms with Crippen molar-refractivity contribution in [2.75, 3.05) is 29.9 Å². The number of rotatable bonds is 6. The van der Waals surface area contributed by atoms with Crippen LogP contribution >= 0.6 is 0 Å². The van der Waals surface area contributed by atoms with Crippen LogP contribution in [0.15, 0.2) is 55.0 Å². The van der Waals surface area contributed by atoms with Crippen LogP contribution in [0.3, 0.4) is 0 Å². The summed E-state index contributed by atoms with van der Waals surface area (Å²) in [4.78, 5) is 35.1. The smallest absolute Gasteiger partial charge is 0.358 e. The molecule has 1 amide bonds. The summed E-state index contributed by atoms with van der Waals surface area (Å²) in [6.07, 6.45) is 6.67. The third-order valence-electron chi connectivity index (χ3n) is 5.17. The van der Waals surface area contributed by atoms with Crippen molar-refractivity contribution >= 4 is 23.5 Å². The number of hydrogen-bond acceptors (Lipinski definition) is 7. The number of hydrogen-bond donors (Lipinski definition) is 1. The highest BCUT2D eigenvalue weighted by Crippen LogP contribution is 2.22. The molecule has 3 heterocycles. The number of benzene rings is 1. The zero-order valence-corrected chi connectivity index (χ0v) is 17.3. The fourth-order valence-electron chi connectivity index (χ4n) is 3.52. The fraction of sp³-hybridized carbons (Fsp3) is 0.318. The molecule has 2 aromatic heterocycles. The summed E-state index contributed by atoms with van der Waals surface area (Å²) >= 11 is 0. The van der Waals surface area contributed by atoms with Crippen molar-refractivity contribution in [3.8, 4) is 5.69 Å². The Morgan fingerprint density at radius 1 is 1.10 bits per heavy atom. The van der Waals surface area contributed by atoms with Gasteiger partial charge in [-0.1, -0.05) is 0 Å². The molecular formula is C22H24N6O3. The van der Waals surface area contributed by atoms with E-state index in [1.807, 2.05) is 24.3 Å². The number of carbonyl (C=O) groups excluding carboxylic acids is 2. The van der Waals surface area contributed by atoms with Crippen LogP contribution in [0.2, 0.25) is 0 Å². The maximum Gasteiger partial charge on any atom is 0.358 e. The molecule has 1 aromatic carbocycles. The predicted molar refractivity (Wildman–Crippen MR) is 115 cm³/mol. The lowest BCUT2D eigenvalue weighted by molar-refractivity contribution is -0.120. The molecule has 9 nitrogen and oxygen atoms in total. The molecule has 160 valence electrons. The minimum Gasteiger partial charge on any atom is -0.461 e. The van der Waals surface area contributed by atoms with E-state index in [1.165, 1.54) is 0 Å². The zero-order chi connectivity index (χ0) is 21.6. The second-order valence-corrected chi connectivity index (χ2v) is 7.21. The van der Waals surface area contributed by atoms with Crippen molar-refractivity contribution in [2.45, 2.75) is 19.8 Å². The second kappa shape index (κ2) is 9.38. The van der Waals surface area contributed by atoms with Gasteiger partial charge >= 0.3 is 5.97 Å². The first-order valence-electron chi connectivity index (χ1n) is 10.3. The van der Waals surface area contributed by atoms with Crippen molar-refractivity contribution in [1.29, 1.82) is 0 Å². The van der Waals surface area contributed by atoms with Gasteiger partial charge in [0.25, 0.3) is 0 Å². The fourth-order valence-corrected chi connectivity index (χ4v) is 3.52. The molecule has 4 rings (SSSR count). The zero-order valence-electron chi connectivity index (χ0n) is 17.3. The van der Waals surface area contributed by atoms with Crippen LogP contribution < -0.4 is 10.2 Å². The van der Waals surface area contributed by atoms with Crippen LogP contribution in [0.25, 0.3) is 5.69 Å². The molecule has 0 atom stereocenters. The summed E-state index contributed by atoms with van der Waals surface area (Å²) in [5, 5.41) is 7.23. The van der Waals surface area contributed by atoms with E-state index in [2.05, 4.69) is 25.3 Å². The second-order valence-electron chi connectivity index (χ2n) is 7.21. The van der Waals surface area contributed by atoms with Gasteiger partial charge in [0.2, 0.25) is 11.9 Å². The minimum absolute atomic E-state index is 0.0186. The van der Waals surface area contributed by atoms with E-state index in [1.54, 1.807) is 42.3 Å². The number of esters is 1. The Bertz CT molecular complexity index is 1030. The summed E-state index contributed by atoms with van der Waals surface area (Å²) in [5.41, 5.74) is 1.76. The van der Waals surface area contributed by atoms with Crippen LogP contribution in [-0.2, 0) is 9.53 Å². The van der Waals surface area contributed by atoms with Crippen molar-refractivity contribution in [1.82, 2.24) is 19.7 Å². The van der Waals surface area contributed by atoms with Crippen LogP contribution in [0.1, 0.15) is 30.3 Å². The average Bonchev–Trinajstić information content (AvgIpc) is 3.31. The number of nitrogens with one attached hydrogen (secondary N) is 1. The van der Waals surface area contributed by atoms with Gasteiger partial charge in [-0.2, -0.15) is 5.10 Å². The minimum atomic E-state index is -0.449. The Labute approximate surface area is 180 Å². The average molecular weight is 420 g/mol. The SMILES string of the molecule is CCOC(=O)c1ccn(-c2ccc(NC(=O)C3CCN(c4ncccn4)CC3)cc2)n1. The highest BCUT2D eigenvalue weighted by Gasteiger charge is 2.26. The summed E-state index contributed by atoms with van der Waals surface area (Å²) in [5.74, 6) is 0.236. The lowest BCUT2D eigenvalue weighted by Crippen LogP contribution is -2.39. The van der Waals surface area contributed by atoms with Gasteiger partial charge in [-0.25, -0.2) is 19.4 Å². The van der Waals surface area contributed by atoms with Crippen LogP contribution in [0, 0.1) is 5.92 Å². The Balaban J connectivity index is 1.32. The summed E-state index contributed by atoms with van der Waals surface area (Å²) < 4.78 is 6.55. The van der Waals surface area contributed by atoms with E-state index in [4.69, 9.17) is 4.74 Å². The van der Waals surface area contributed by atoms with Gasteiger partial charge in [0.05, 0.1) is 12.3 Å². The first-order valence-corrected chi connectivity index (χ1v) is 10.3. The van der Waals surface area contributed by atoms with Gasteiger partial charge in [0, 0.05) is 43.3 Å². The number of carbonyl (C=O) groups is 2. The molecule has 1 aliphatic heterocycles. The summed E-state index contributed by atoms with van der Waals surface area (Å²) in [6.45, 7) is 3.56.